The van der Waals surface area contributed by atoms with Crippen molar-refractivity contribution in [2.45, 2.75) is 12.6 Å². The monoisotopic (exact) mass is 384 g/mol. The van der Waals surface area contributed by atoms with Gasteiger partial charge in [0.25, 0.3) is 5.91 Å². The van der Waals surface area contributed by atoms with Crippen LogP contribution in [0, 0.1) is 12.3 Å². The molecule has 0 saturated heterocycles. The Morgan fingerprint density at radius 3 is 2.96 bits per heavy atom. The summed E-state index contributed by atoms with van der Waals surface area (Å²) < 4.78 is 14.0. The second-order valence-electron chi connectivity index (χ2n) is 5.60. The van der Waals surface area contributed by atoms with Crippen molar-refractivity contribution >= 4 is 39.1 Å². The number of aromatic nitrogens is 1. The Morgan fingerprint density at radius 2 is 2.15 bits per heavy atom. The minimum absolute atomic E-state index is 0.116. The topological polar surface area (TPSA) is 52.8 Å². The van der Waals surface area contributed by atoms with Crippen molar-refractivity contribution in [3.05, 3.63) is 52.3 Å². The molecule has 1 atom stereocenters. The highest BCUT2D eigenvalue weighted by molar-refractivity contribution is 7.16. The Labute approximate surface area is 158 Å². The predicted molar refractivity (Wildman–Crippen MR) is 101 cm³/mol. The number of ether oxygens (including phenoxy) is 2. The average Bonchev–Trinajstić information content (AvgIpc) is 2.98. The first-order chi connectivity index (χ1) is 12.7. The first kappa shape index (κ1) is 16.7. The van der Waals surface area contributed by atoms with E-state index in [9.17, 15) is 4.79 Å². The minimum atomic E-state index is -0.794. The summed E-state index contributed by atoms with van der Waals surface area (Å²) in [5.41, 5.74) is 0.884. The van der Waals surface area contributed by atoms with E-state index in [-0.39, 0.29) is 6.61 Å². The van der Waals surface area contributed by atoms with Gasteiger partial charge in [0.2, 0.25) is 6.10 Å². The van der Waals surface area contributed by atoms with Crippen LogP contribution in [0.25, 0.3) is 10.2 Å². The summed E-state index contributed by atoms with van der Waals surface area (Å²) in [6, 6.07) is 12.7. The van der Waals surface area contributed by atoms with E-state index in [2.05, 4.69) is 10.9 Å². The normalized spacial score (nSPS) is 16.5. The number of hydrogen-bond acceptors (Lipinski definition) is 4. The van der Waals surface area contributed by atoms with Crippen molar-refractivity contribution in [1.29, 1.82) is 0 Å². The lowest BCUT2D eigenvalue weighted by molar-refractivity contribution is -0.127. The Balaban J connectivity index is 1.71. The zero-order valence-electron chi connectivity index (χ0n) is 13.5. The molecule has 1 amide bonds. The number of rotatable bonds is 2. The molecule has 26 heavy (non-hydrogen) atoms. The Hall–Kier alpha value is -2.75. The predicted octanol–water partition coefficient (Wildman–Crippen LogP) is 3.26. The first-order valence-corrected chi connectivity index (χ1v) is 9.04. The van der Waals surface area contributed by atoms with Crippen LogP contribution in [0.3, 0.4) is 0 Å². The summed E-state index contributed by atoms with van der Waals surface area (Å²) in [4.78, 5) is 17.4. The molecule has 1 aliphatic heterocycles. The van der Waals surface area contributed by atoms with Crippen LogP contribution in [0.2, 0.25) is 5.02 Å². The van der Waals surface area contributed by atoms with Crippen molar-refractivity contribution in [3.8, 4) is 23.8 Å². The van der Waals surface area contributed by atoms with Crippen LogP contribution in [0.15, 0.2) is 47.5 Å². The van der Waals surface area contributed by atoms with Gasteiger partial charge in [-0.15, -0.1) is 6.42 Å². The van der Waals surface area contributed by atoms with Gasteiger partial charge in [0, 0.05) is 5.02 Å². The molecular formula is C19H13ClN2O3S. The number of thiazole rings is 1. The number of para-hydroxylation sites is 2. The molecule has 5 nitrogen and oxygen atoms in total. The smallest absolute Gasteiger partial charge is 0.292 e. The number of hydrogen-bond donors (Lipinski definition) is 0. The van der Waals surface area contributed by atoms with E-state index < -0.39 is 12.0 Å². The molecular weight excluding hydrogens is 372 g/mol. The van der Waals surface area contributed by atoms with E-state index in [1.54, 1.807) is 18.2 Å². The van der Waals surface area contributed by atoms with E-state index in [1.807, 2.05) is 28.8 Å². The molecule has 0 bridgehead atoms. The zero-order chi connectivity index (χ0) is 18.1. The van der Waals surface area contributed by atoms with Gasteiger partial charge in [-0.1, -0.05) is 41.0 Å². The van der Waals surface area contributed by atoms with E-state index in [0.29, 0.717) is 27.9 Å². The zero-order valence-corrected chi connectivity index (χ0v) is 15.1. The SMILES string of the molecule is C#CCn1c(=NC(=O)[C@@H]2COc3ccccc3O2)sc2cc(Cl)ccc21. The standard InChI is InChI=1S/C19H13ClN2O3S/c1-2-9-22-13-8-7-12(20)10-17(13)26-19(22)21-18(23)16-11-24-14-5-3-4-6-15(14)25-16/h1,3-8,10,16H,9,11H2/t16-/m0/s1. The van der Waals surface area contributed by atoms with E-state index in [0.717, 1.165) is 10.2 Å². The summed E-state index contributed by atoms with van der Waals surface area (Å²) in [6.45, 7) is 0.420. The molecule has 0 N–H and O–H groups in total. The summed E-state index contributed by atoms with van der Waals surface area (Å²) in [5.74, 6) is 3.33. The van der Waals surface area contributed by atoms with E-state index in [1.165, 1.54) is 11.3 Å². The Morgan fingerprint density at radius 1 is 1.35 bits per heavy atom. The van der Waals surface area contributed by atoms with E-state index >= 15 is 0 Å². The molecule has 2 aromatic carbocycles. The molecule has 130 valence electrons. The third-order valence-electron chi connectivity index (χ3n) is 3.88. The van der Waals surface area contributed by atoms with Crippen molar-refractivity contribution in [2.75, 3.05) is 6.61 Å². The highest BCUT2D eigenvalue weighted by atomic mass is 35.5. The second-order valence-corrected chi connectivity index (χ2v) is 7.05. The van der Waals surface area contributed by atoms with Crippen LogP contribution < -0.4 is 14.3 Å². The molecule has 0 aliphatic carbocycles. The van der Waals surface area contributed by atoms with Gasteiger partial charge in [-0.3, -0.25) is 4.79 Å². The maximum atomic E-state index is 12.6. The molecule has 2 heterocycles. The molecule has 0 radical (unpaired) electrons. The molecule has 4 rings (SSSR count). The van der Waals surface area contributed by atoms with Crippen LogP contribution in [0.5, 0.6) is 11.5 Å². The molecule has 7 heteroatoms. The lowest BCUT2D eigenvalue weighted by Gasteiger charge is -2.23. The minimum Gasteiger partial charge on any atom is -0.485 e. The van der Waals surface area contributed by atoms with Gasteiger partial charge in [0.05, 0.1) is 16.8 Å². The molecule has 3 aromatic rings. The molecule has 0 spiro atoms. The van der Waals surface area contributed by atoms with Gasteiger partial charge in [0.1, 0.15) is 6.61 Å². The lowest BCUT2D eigenvalue weighted by Crippen LogP contribution is -2.36. The summed E-state index contributed by atoms with van der Waals surface area (Å²) in [5, 5.41) is 0.616. The maximum absolute atomic E-state index is 12.6. The van der Waals surface area contributed by atoms with Crippen molar-refractivity contribution in [1.82, 2.24) is 4.57 Å². The number of halogens is 1. The number of carbonyl (C=O) groups is 1. The number of terminal acetylenes is 1. The van der Waals surface area contributed by atoms with Gasteiger partial charge in [0.15, 0.2) is 16.3 Å². The number of nitrogens with zero attached hydrogens (tertiary/aromatic N) is 2. The number of carbonyl (C=O) groups excluding carboxylic acids is 1. The highest BCUT2D eigenvalue weighted by Crippen LogP contribution is 2.31. The fourth-order valence-corrected chi connectivity index (χ4v) is 3.99. The lowest BCUT2D eigenvalue weighted by atomic mass is 10.2. The fraction of sp³-hybridized carbons (Fsp3) is 0.158. The van der Waals surface area contributed by atoms with Gasteiger partial charge in [-0.25, -0.2) is 0 Å². The van der Waals surface area contributed by atoms with Crippen LogP contribution in [0.1, 0.15) is 0 Å². The van der Waals surface area contributed by atoms with Gasteiger partial charge >= 0.3 is 0 Å². The largest absolute Gasteiger partial charge is 0.485 e. The second kappa shape index (κ2) is 6.87. The van der Waals surface area contributed by atoms with Crippen molar-refractivity contribution in [3.63, 3.8) is 0 Å². The molecule has 0 saturated carbocycles. The van der Waals surface area contributed by atoms with Crippen LogP contribution in [0.4, 0.5) is 0 Å². The average molecular weight is 385 g/mol. The Bertz CT molecular complexity index is 1110. The highest BCUT2D eigenvalue weighted by Gasteiger charge is 2.27. The summed E-state index contributed by atoms with van der Waals surface area (Å²) in [6.07, 6.45) is 4.68. The summed E-state index contributed by atoms with van der Waals surface area (Å²) >= 11 is 7.41. The van der Waals surface area contributed by atoms with Gasteiger partial charge in [-0.05, 0) is 30.3 Å². The van der Waals surface area contributed by atoms with Crippen molar-refractivity contribution < 1.29 is 14.3 Å². The third-order valence-corrected chi connectivity index (χ3v) is 5.16. The van der Waals surface area contributed by atoms with Gasteiger partial charge < -0.3 is 14.0 Å². The first-order valence-electron chi connectivity index (χ1n) is 7.85. The molecule has 1 aliphatic rings. The quantitative estimate of drug-likeness (QED) is 0.637. The maximum Gasteiger partial charge on any atom is 0.292 e. The van der Waals surface area contributed by atoms with E-state index in [4.69, 9.17) is 27.5 Å². The molecule has 0 unspecified atom stereocenters. The van der Waals surface area contributed by atoms with Crippen LogP contribution in [-0.2, 0) is 11.3 Å². The number of amides is 1. The van der Waals surface area contributed by atoms with Crippen molar-refractivity contribution in [2.24, 2.45) is 4.99 Å². The third kappa shape index (κ3) is 3.07. The molecule has 1 aromatic heterocycles. The fourth-order valence-electron chi connectivity index (χ4n) is 2.68. The van der Waals surface area contributed by atoms with Crippen LogP contribution >= 0.6 is 22.9 Å². The van der Waals surface area contributed by atoms with Gasteiger partial charge in [-0.2, -0.15) is 4.99 Å². The molecule has 0 fully saturated rings. The number of fused-ring (bicyclic) bond motifs is 2. The van der Waals surface area contributed by atoms with Crippen LogP contribution in [-0.4, -0.2) is 23.2 Å². The Kier molecular flexibility index (Phi) is 4.41. The summed E-state index contributed by atoms with van der Waals surface area (Å²) in [7, 11) is 0. The number of benzene rings is 2.